The van der Waals surface area contributed by atoms with Crippen molar-refractivity contribution in [2.45, 2.75) is 38.0 Å². The van der Waals surface area contributed by atoms with Gasteiger partial charge in [0.15, 0.2) is 5.78 Å². The first-order valence-electron chi connectivity index (χ1n) is 11.3. The summed E-state index contributed by atoms with van der Waals surface area (Å²) < 4.78 is 11.6. The number of anilines is 1. The Balaban J connectivity index is 1.35. The third-order valence-corrected chi connectivity index (χ3v) is 6.00. The molecule has 0 aliphatic carbocycles. The van der Waals surface area contributed by atoms with Gasteiger partial charge in [-0.15, -0.1) is 0 Å². The van der Waals surface area contributed by atoms with E-state index < -0.39 is 6.10 Å². The summed E-state index contributed by atoms with van der Waals surface area (Å²) >= 11 is 0. The predicted molar refractivity (Wildman–Crippen MR) is 128 cm³/mol. The van der Waals surface area contributed by atoms with Crippen molar-refractivity contribution in [3.05, 3.63) is 78.2 Å². The molecule has 4 aromatic rings. The number of nitrogens with zero attached hydrogens (tertiary/aromatic N) is 2. The molecule has 1 aliphatic heterocycles. The Kier molecular flexibility index (Phi) is 6.24. The second-order valence-corrected chi connectivity index (χ2v) is 8.45. The second kappa shape index (κ2) is 9.62. The number of hydrogen-bond donors (Lipinski definition) is 3. The quantitative estimate of drug-likeness (QED) is 0.354. The van der Waals surface area contributed by atoms with Crippen LogP contribution in [-0.2, 0) is 4.74 Å². The summed E-state index contributed by atoms with van der Waals surface area (Å²) in [4.78, 5) is 25.1. The zero-order valence-electron chi connectivity index (χ0n) is 18.8. The maximum atomic E-state index is 13.4. The van der Waals surface area contributed by atoms with Crippen LogP contribution in [0, 0.1) is 0 Å². The Morgan fingerprint density at radius 2 is 1.88 bits per heavy atom. The molecule has 174 valence electrons. The van der Waals surface area contributed by atoms with Gasteiger partial charge in [0.25, 0.3) is 0 Å². The number of benzene rings is 2. The van der Waals surface area contributed by atoms with Crippen LogP contribution in [0.2, 0.25) is 0 Å². The number of ketones is 1. The van der Waals surface area contributed by atoms with E-state index in [1.807, 2.05) is 30.3 Å². The van der Waals surface area contributed by atoms with Gasteiger partial charge in [-0.1, -0.05) is 18.2 Å². The van der Waals surface area contributed by atoms with Gasteiger partial charge in [-0.2, -0.15) is 0 Å². The van der Waals surface area contributed by atoms with Crippen LogP contribution >= 0.6 is 0 Å². The van der Waals surface area contributed by atoms with Crippen molar-refractivity contribution in [1.82, 2.24) is 15.0 Å². The van der Waals surface area contributed by atoms with Gasteiger partial charge >= 0.3 is 0 Å². The number of aliphatic hydroxyl groups excluding tert-OH is 1. The van der Waals surface area contributed by atoms with Crippen molar-refractivity contribution in [3.63, 3.8) is 0 Å². The Morgan fingerprint density at radius 1 is 1.12 bits per heavy atom. The minimum Gasteiger partial charge on any atom is -0.457 e. The van der Waals surface area contributed by atoms with Crippen LogP contribution in [0.15, 0.2) is 67.1 Å². The molecule has 2 aromatic carbocycles. The van der Waals surface area contributed by atoms with Gasteiger partial charge in [0.05, 0.1) is 35.8 Å². The molecular weight excluding hydrogens is 432 g/mol. The highest BCUT2D eigenvalue weighted by molar-refractivity contribution is 6.18. The molecule has 0 saturated carbocycles. The number of aromatic nitrogens is 3. The molecule has 1 saturated heterocycles. The van der Waals surface area contributed by atoms with Crippen molar-refractivity contribution in [2.24, 2.45) is 0 Å². The third kappa shape index (κ3) is 4.64. The molecule has 8 heteroatoms. The Hall–Kier alpha value is -3.75. The molecule has 0 spiro atoms. The topological polar surface area (TPSA) is 109 Å². The fourth-order valence-electron chi connectivity index (χ4n) is 4.17. The molecule has 5 rings (SSSR count). The van der Waals surface area contributed by atoms with Gasteiger partial charge in [-0.25, -0.2) is 9.97 Å². The predicted octanol–water partition coefficient (Wildman–Crippen LogP) is 4.32. The third-order valence-electron chi connectivity index (χ3n) is 6.00. The number of ether oxygens (including phenoxy) is 2. The number of rotatable bonds is 7. The first-order chi connectivity index (χ1) is 16.6. The Bertz CT molecular complexity index is 1260. The molecule has 3 N–H and O–H groups in total. The number of fused-ring (bicyclic) bond motifs is 1. The average Bonchev–Trinajstić information content (AvgIpc) is 3.30. The van der Waals surface area contributed by atoms with Gasteiger partial charge in [-0.3, -0.25) is 4.79 Å². The summed E-state index contributed by atoms with van der Waals surface area (Å²) in [5.41, 5.74) is 1.62. The maximum Gasteiger partial charge on any atom is 0.195 e. The van der Waals surface area contributed by atoms with Crippen LogP contribution < -0.4 is 10.1 Å². The number of H-pyrrole nitrogens is 1. The lowest BCUT2D eigenvalue weighted by molar-refractivity contribution is -0.0584. The van der Waals surface area contributed by atoms with Crippen molar-refractivity contribution in [1.29, 1.82) is 0 Å². The van der Waals surface area contributed by atoms with Gasteiger partial charge in [0.2, 0.25) is 0 Å². The number of para-hydroxylation sites is 1. The van der Waals surface area contributed by atoms with E-state index in [1.165, 1.54) is 6.33 Å². The molecular formula is C26H26N4O4. The molecule has 1 aliphatic rings. The lowest BCUT2D eigenvalue weighted by Gasteiger charge is -2.31. The molecule has 2 aromatic heterocycles. The molecule has 0 amide bonds. The molecule has 0 radical (unpaired) electrons. The lowest BCUT2D eigenvalue weighted by atomic mass is 10.0. The van der Waals surface area contributed by atoms with Gasteiger partial charge in [0.1, 0.15) is 29.3 Å². The van der Waals surface area contributed by atoms with E-state index in [9.17, 15) is 9.90 Å². The highest BCUT2D eigenvalue weighted by Crippen LogP contribution is 2.29. The summed E-state index contributed by atoms with van der Waals surface area (Å²) in [6.07, 6.45) is 4.07. The Morgan fingerprint density at radius 3 is 2.59 bits per heavy atom. The van der Waals surface area contributed by atoms with E-state index in [2.05, 4.69) is 20.3 Å². The molecule has 34 heavy (non-hydrogen) atoms. The van der Waals surface area contributed by atoms with E-state index in [0.29, 0.717) is 40.3 Å². The van der Waals surface area contributed by atoms with Crippen LogP contribution in [0.1, 0.15) is 35.7 Å². The number of aliphatic hydroxyl groups is 1. The van der Waals surface area contributed by atoms with Crippen molar-refractivity contribution < 1.29 is 19.4 Å². The normalized spacial score (nSPS) is 19.0. The number of nitrogens with one attached hydrogen (secondary N) is 2. The van der Waals surface area contributed by atoms with E-state index in [-0.39, 0.29) is 17.9 Å². The average molecular weight is 459 g/mol. The SMILES string of the molecule is C[C@@H](O)[C@@H]1CC[C@@H](Nc2ncnc3[nH]cc(C(=O)c4ccc(Oc5ccccc5)cc4)c23)CO1. The molecule has 3 atom stereocenters. The highest BCUT2D eigenvalue weighted by atomic mass is 16.5. The summed E-state index contributed by atoms with van der Waals surface area (Å²) in [6, 6.07) is 16.6. The number of carbonyl (C=O) groups is 1. The fourth-order valence-corrected chi connectivity index (χ4v) is 4.17. The van der Waals surface area contributed by atoms with Gasteiger partial charge in [-0.05, 0) is 56.2 Å². The summed E-state index contributed by atoms with van der Waals surface area (Å²) in [6.45, 7) is 2.20. The molecule has 0 bridgehead atoms. The van der Waals surface area contributed by atoms with Crippen LogP contribution in [0.5, 0.6) is 11.5 Å². The zero-order valence-corrected chi connectivity index (χ0v) is 18.8. The molecule has 3 heterocycles. The number of carbonyl (C=O) groups excluding carboxylic acids is 1. The molecule has 1 fully saturated rings. The first-order valence-corrected chi connectivity index (χ1v) is 11.3. The maximum absolute atomic E-state index is 13.4. The van der Waals surface area contributed by atoms with Crippen LogP contribution in [0.3, 0.4) is 0 Å². The number of aromatic amines is 1. The van der Waals surface area contributed by atoms with Gasteiger partial charge in [0, 0.05) is 11.8 Å². The summed E-state index contributed by atoms with van der Waals surface area (Å²) in [5, 5.41) is 13.8. The van der Waals surface area contributed by atoms with Crippen LogP contribution in [0.4, 0.5) is 5.82 Å². The second-order valence-electron chi connectivity index (χ2n) is 8.45. The summed E-state index contributed by atoms with van der Waals surface area (Å²) in [7, 11) is 0. The van der Waals surface area contributed by atoms with E-state index in [0.717, 1.165) is 18.6 Å². The van der Waals surface area contributed by atoms with Crippen molar-refractivity contribution in [2.75, 3.05) is 11.9 Å². The Labute approximate surface area is 197 Å². The standard InChI is InChI=1S/C26H26N4O4/c1-16(31)22-12-9-18(14-33-22)30-26-23-21(13-27-25(23)28-15-29-26)24(32)17-7-10-20(11-8-17)34-19-5-3-2-4-6-19/h2-8,10-11,13,15-16,18,22,31H,9,12,14H2,1H3,(H2,27,28,29,30)/t16-,18-,22+/m1/s1. The van der Waals surface area contributed by atoms with Crippen molar-refractivity contribution in [3.8, 4) is 11.5 Å². The van der Waals surface area contributed by atoms with Crippen LogP contribution in [-0.4, -0.2) is 50.7 Å². The number of hydrogen-bond acceptors (Lipinski definition) is 7. The summed E-state index contributed by atoms with van der Waals surface area (Å²) in [5.74, 6) is 1.84. The highest BCUT2D eigenvalue weighted by Gasteiger charge is 2.26. The largest absolute Gasteiger partial charge is 0.457 e. The monoisotopic (exact) mass is 458 g/mol. The van der Waals surface area contributed by atoms with Gasteiger partial charge < -0.3 is 24.9 Å². The van der Waals surface area contributed by atoms with Crippen molar-refractivity contribution >= 4 is 22.6 Å². The first kappa shape index (κ1) is 22.1. The smallest absolute Gasteiger partial charge is 0.195 e. The molecule has 0 unspecified atom stereocenters. The molecule has 8 nitrogen and oxygen atoms in total. The minimum atomic E-state index is -0.495. The van der Waals surface area contributed by atoms with E-state index >= 15 is 0 Å². The zero-order chi connectivity index (χ0) is 23.5. The van der Waals surface area contributed by atoms with Crippen LogP contribution in [0.25, 0.3) is 11.0 Å². The van der Waals surface area contributed by atoms with E-state index in [4.69, 9.17) is 9.47 Å². The fraction of sp³-hybridized carbons (Fsp3) is 0.269. The minimum absolute atomic E-state index is 0.0281. The van der Waals surface area contributed by atoms with E-state index in [1.54, 1.807) is 37.4 Å². The lowest BCUT2D eigenvalue weighted by Crippen LogP contribution is -2.39.